The van der Waals surface area contributed by atoms with Crippen molar-refractivity contribution in [1.29, 1.82) is 0 Å². The molecule has 3 heteroatoms. The highest BCUT2D eigenvalue weighted by atomic mass is 32.2. The summed E-state index contributed by atoms with van der Waals surface area (Å²) in [4.78, 5) is -0.436. The molecule has 3 rings (SSSR count). The van der Waals surface area contributed by atoms with Crippen LogP contribution in [0.1, 0.15) is 120 Å². The zero-order valence-corrected chi connectivity index (χ0v) is 26.1. The van der Waals surface area contributed by atoms with E-state index in [-0.39, 0.29) is 0 Å². The number of ether oxygens (including phenoxy) is 1. The van der Waals surface area contributed by atoms with E-state index in [1.165, 1.54) is 100 Å². The van der Waals surface area contributed by atoms with Gasteiger partial charge in [-0.05, 0) is 60.0 Å². The maximum Gasteiger partial charge on any atom is 0.193 e. The van der Waals surface area contributed by atoms with Crippen molar-refractivity contribution < 1.29 is 4.74 Å². The molecule has 2 aromatic rings. The number of rotatable bonds is 19. The first-order valence-electron chi connectivity index (χ1n) is 15.6. The third-order valence-corrected chi connectivity index (χ3v) is 9.29. The minimum absolute atomic E-state index is 0.436. The number of benzene rings is 2. The fraction of sp³-hybridized carbons (Fsp3) is 0.528. The molecule has 2 aromatic carbocycles. The highest BCUT2D eigenvalue weighted by molar-refractivity contribution is 8.00. The lowest BCUT2D eigenvalue weighted by Gasteiger charge is -2.33. The summed E-state index contributed by atoms with van der Waals surface area (Å²) in [6, 6.07) is 19.4. The van der Waals surface area contributed by atoms with E-state index in [0.717, 1.165) is 24.2 Å². The molecule has 0 amide bonds. The largest absolute Gasteiger partial charge is 0.461 e. The van der Waals surface area contributed by atoms with Crippen LogP contribution in [0.25, 0.3) is 5.57 Å². The molecular weight excluding hydrogens is 513 g/mol. The first kappa shape index (κ1) is 31.7. The van der Waals surface area contributed by atoms with Crippen molar-refractivity contribution in [3.8, 4) is 0 Å². The first-order valence-corrected chi connectivity index (χ1v) is 17.0. The number of allylic oxidation sites excluding steroid dienone is 2. The molecule has 0 fully saturated rings. The van der Waals surface area contributed by atoms with E-state index < -0.39 is 4.93 Å². The van der Waals surface area contributed by atoms with Crippen LogP contribution in [0.5, 0.6) is 0 Å². The van der Waals surface area contributed by atoms with Crippen LogP contribution in [0.4, 0.5) is 0 Å². The van der Waals surface area contributed by atoms with Gasteiger partial charge in [-0.3, -0.25) is 0 Å². The molecule has 0 saturated carbocycles. The second-order valence-electron chi connectivity index (χ2n) is 10.9. The van der Waals surface area contributed by atoms with E-state index in [0.29, 0.717) is 5.05 Å². The highest BCUT2D eigenvalue weighted by Gasteiger charge is 2.32. The number of hydrogen-bond acceptors (Lipinski definition) is 3. The monoisotopic (exact) mass is 562 g/mol. The Morgan fingerprint density at radius 1 is 0.769 bits per heavy atom. The fourth-order valence-electron chi connectivity index (χ4n) is 5.10. The van der Waals surface area contributed by atoms with Crippen LogP contribution in [-0.2, 0) is 11.2 Å². The van der Waals surface area contributed by atoms with E-state index in [1.54, 1.807) is 0 Å². The van der Waals surface area contributed by atoms with Gasteiger partial charge in [-0.2, -0.15) is 0 Å². The number of aryl methyl sites for hydroxylation is 1. The van der Waals surface area contributed by atoms with Crippen molar-refractivity contribution in [3.63, 3.8) is 0 Å². The molecule has 1 nitrogen and oxygen atoms in total. The Kier molecular flexibility index (Phi) is 15.0. The maximum atomic E-state index is 6.65. The molecule has 1 unspecified atom stereocenters. The van der Waals surface area contributed by atoms with Gasteiger partial charge in [0.15, 0.2) is 9.98 Å². The van der Waals surface area contributed by atoms with Gasteiger partial charge in [0.1, 0.15) is 0 Å². The van der Waals surface area contributed by atoms with E-state index in [2.05, 4.69) is 86.7 Å². The summed E-state index contributed by atoms with van der Waals surface area (Å²) in [6.45, 7) is 4.55. The van der Waals surface area contributed by atoms with Gasteiger partial charge in [0, 0.05) is 12.0 Å². The van der Waals surface area contributed by atoms with Gasteiger partial charge in [0.2, 0.25) is 0 Å². The normalized spacial score (nSPS) is 16.7. The molecule has 1 atom stereocenters. The SMILES string of the molecule is CCCCCCCCCSC1(OC(=S)c2ccc(CCCCCCCC)cc2)C=CC(c2ccccc2)=CC1. The molecule has 1 aliphatic carbocycles. The second kappa shape index (κ2) is 18.5. The van der Waals surface area contributed by atoms with Gasteiger partial charge in [-0.15, -0.1) is 11.8 Å². The third-order valence-electron chi connectivity index (χ3n) is 7.60. The van der Waals surface area contributed by atoms with E-state index >= 15 is 0 Å². The first-order chi connectivity index (χ1) is 19.2. The lowest BCUT2D eigenvalue weighted by atomic mass is 9.98. The Morgan fingerprint density at radius 2 is 1.38 bits per heavy atom. The maximum absolute atomic E-state index is 6.65. The van der Waals surface area contributed by atoms with E-state index in [4.69, 9.17) is 17.0 Å². The van der Waals surface area contributed by atoms with Crippen LogP contribution in [0.15, 0.2) is 72.8 Å². The summed E-state index contributed by atoms with van der Waals surface area (Å²) < 4.78 is 6.65. The summed E-state index contributed by atoms with van der Waals surface area (Å²) in [5, 5.41) is 0.606. The van der Waals surface area contributed by atoms with Crippen molar-refractivity contribution in [2.24, 2.45) is 0 Å². The molecule has 0 aromatic heterocycles. The average molecular weight is 563 g/mol. The van der Waals surface area contributed by atoms with Crippen molar-refractivity contribution in [1.82, 2.24) is 0 Å². The molecule has 0 aliphatic heterocycles. The van der Waals surface area contributed by atoms with Gasteiger partial charge in [0.25, 0.3) is 0 Å². The molecule has 0 spiro atoms. The van der Waals surface area contributed by atoms with Gasteiger partial charge in [-0.1, -0.05) is 151 Å². The minimum atomic E-state index is -0.436. The molecule has 0 saturated heterocycles. The van der Waals surface area contributed by atoms with Gasteiger partial charge in [0.05, 0.1) is 0 Å². The van der Waals surface area contributed by atoms with Crippen molar-refractivity contribution in [2.75, 3.05) is 5.75 Å². The molecule has 1 aliphatic rings. The predicted molar refractivity (Wildman–Crippen MR) is 178 cm³/mol. The molecule has 212 valence electrons. The molecule has 0 N–H and O–H groups in total. The summed E-state index contributed by atoms with van der Waals surface area (Å²) >= 11 is 7.77. The summed E-state index contributed by atoms with van der Waals surface area (Å²) in [6.07, 6.45) is 26.0. The number of thiocarbonyl (C=S) groups is 1. The standard InChI is InChI=1S/C36H50OS2/c1-3-5-7-9-11-13-18-30-39-36(28-26-33(27-29-36)32-20-16-14-17-21-32)37-35(38)34-24-22-31(23-25-34)19-15-12-10-8-6-4-2/h14,16-17,20-28H,3-13,15,18-19,29-30H2,1-2H3. The topological polar surface area (TPSA) is 9.23 Å². The Morgan fingerprint density at radius 3 is 2.00 bits per heavy atom. The summed E-state index contributed by atoms with van der Waals surface area (Å²) in [7, 11) is 0. The van der Waals surface area contributed by atoms with Crippen LogP contribution >= 0.6 is 24.0 Å². The van der Waals surface area contributed by atoms with Crippen LogP contribution in [0.2, 0.25) is 0 Å². The average Bonchev–Trinajstić information content (AvgIpc) is 2.97. The lowest BCUT2D eigenvalue weighted by molar-refractivity contribution is 0.211. The van der Waals surface area contributed by atoms with Gasteiger partial charge < -0.3 is 4.74 Å². The van der Waals surface area contributed by atoms with Crippen LogP contribution in [0, 0.1) is 0 Å². The quantitative estimate of drug-likeness (QED) is 0.0957. The van der Waals surface area contributed by atoms with Crippen molar-refractivity contribution >= 4 is 34.6 Å². The van der Waals surface area contributed by atoms with Crippen LogP contribution < -0.4 is 0 Å². The second-order valence-corrected chi connectivity index (χ2v) is 12.7. The van der Waals surface area contributed by atoms with Crippen molar-refractivity contribution in [2.45, 2.75) is 115 Å². The van der Waals surface area contributed by atoms with Gasteiger partial charge >= 0.3 is 0 Å². The molecule has 39 heavy (non-hydrogen) atoms. The summed E-state index contributed by atoms with van der Waals surface area (Å²) in [5.41, 5.74) is 4.92. The number of thioether (sulfide) groups is 1. The van der Waals surface area contributed by atoms with E-state index in [1.807, 2.05) is 11.8 Å². The Bertz CT molecular complexity index is 1010. The zero-order valence-electron chi connectivity index (χ0n) is 24.5. The highest BCUT2D eigenvalue weighted by Crippen LogP contribution is 2.39. The third kappa shape index (κ3) is 11.7. The zero-order chi connectivity index (χ0) is 27.6. The molecule has 0 heterocycles. The number of hydrogen-bond donors (Lipinski definition) is 0. The summed E-state index contributed by atoms with van der Waals surface area (Å²) in [5.74, 6) is 1.09. The molecule has 0 radical (unpaired) electrons. The Balaban J connectivity index is 1.56. The van der Waals surface area contributed by atoms with E-state index in [9.17, 15) is 0 Å². The van der Waals surface area contributed by atoms with Crippen molar-refractivity contribution in [3.05, 3.63) is 89.5 Å². The molecular formula is C36H50OS2. The smallest absolute Gasteiger partial charge is 0.193 e. The Hall–Kier alpha value is -1.84. The Labute approximate surface area is 248 Å². The number of unbranched alkanes of at least 4 members (excludes halogenated alkanes) is 11. The fourth-order valence-corrected chi connectivity index (χ4v) is 6.64. The molecule has 0 bridgehead atoms. The van der Waals surface area contributed by atoms with Crippen LogP contribution in [-0.4, -0.2) is 15.7 Å². The lowest BCUT2D eigenvalue weighted by Crippen LogP contribution is -2.30. The minimum Gasteiger partial charge on any atom is -0.461 e. The van der Waals surface area contributed by atoms with Gasteiger partial charge in [-0.25, -0.2) is 0 Å². The van der Waals surface area contributed by atoms with Crippen LogP contribution in [0.3, 0.4) is 0 Å². The predicted octanol–water partition coefficient (Wildman–Crippen LogP) is 11.5.